The van der Waals surface area contributed by atoms with Crippen molar-refractivity contribution in [1.29, 1.82) is 0 Å². The molecule has 8 nitrogen and oxygen atoms in total. The molecule has 1 aromatic carbocycles. The second-order valence-electron chi connectivity index (χ2n) is 9.39. The lowest BCUT2D eigenvalue weighted by molar-refractivity contribution is -0.750. The Hall–Kier alpha value is -3.07. The van der Waals surface area contributed by atoms with Gasteiger partial charge >= 0.3 is 0 Å². The predicted molar refractivity (Wildman–Crippen MR) is 131 cm³/mol. The third-order valence-corrected chi connectivity index (χ3v) is 6.82. The van der Waals surface area contributed by atoms with Crippen molar-refractivity contribution in [1.82, 2.24) is 14.8 Å². The Kier molecular flexibility index (Phi) is 5.74. The third-order valence-electron chi connectivity index (χ3n) is 6.82. The van der Waals surface area contributed by atoms with Crippen LogP contribution in [-0.4, -0.2) is 71.1 Å². The lowest BCUT2D eigenvalue weighted by Gasteiger charge is -2.32. The van der Waals surface area contributed by atoms with E-state index in [0.717, 1.165) is 72.7 Å². The van der Waals surface area contributed by atoms with Crippen LogP contribution >= 0.6 is 0 Å². The number of aliphatic imine (C=N–C) groups is 2. The number of nitrogens with two attached hydrogens (primary N) is 1. The Bertz CT molecular complexity index is 1150. The molecule has 1 amide bonds. The average Bonchev–Trinajstić information content (AvgIpc) is 3.37. The van der Waals surface area contributed by atoms with Crippen LogP contribution in [0.25, 0.3) is 10.9 Å². The SMILES string of the molecule is CN(C)CCCC(=O)N1CCC(C2=C3C=NC=C[N+]3(N)C(c3cc4ccccc4[nH]3)=N2)CC1. The average molecular weight is 447 g/mol. The Labute approximate surface area is 194 Å². The number of carbonyl (C=O) groups excluding carboxylic acids is 1. The molecule has 2 aromatic rings. The number of benzene rings is 1. The van der Waals surface area contributed by atoms with E-state index in [9.17, 15) is 4.79 Å². The zero-order valence-corrected chi connectivity index (χ0v) is 19.4. The van der Waals surface area contributed by atoms with Gasteiger partial charge in [0.05, 0.1) is 12.4 Å². The van der Waals surface area contributed by atoms with Gasteiger partial charge in [-0.05, 0) is 52.0 Å². The van der Waals surface area contributed by atoms with Gasteiger partial charge in [0.1, 0.15) is 17.6 Å². The molecular weight excluding hydrogens is 414 g/mol. The van der Waals surface area contributed by atoms with Gasteiger partial charge in [0, 0.05) is 36.3 Å². The number of amidine groups is 1. The number of carbonyl (C=O) groups is 1. The van der Waals surface area contributed by atoms with E-state index in [0.29, 0.717) is 6.42 Å². The molecule has 3 aliphatic heterocycles. The first-order chi connectivity index (χ1) is 16.0. The summed E-state index contributed by atoms with van der Waals surface area (Å²) in [6.45, 7) is 2.46. The highest BCUT2D eigenvalue weighted by molar-refractivity contribution is 6.02. The Balaban J connectivity index is 1.35. The molecule has 1 atom stereocenters. The molecule has 1 fully saturated rings. The fourth-order valence-corrected chi connectivity index (χ4v) is 4.99. The zero-order chi connectivity index (χ0) is 23.0. The van der Waals surface area contributed by atoms with E-state index in [4.69, 9.17) is 10.8 Å². The number of quaternary nitrogens is 1. The van der Waals surface area contributed by atoms with Crippen LogP contribution in [-0.2, 0) is 4.79 Å². The molecule has 3 N–H and O–H groups in total. The van der Waals surface area contributed by atoms with Crippen LogP contribution in [0.2, 0.25) is 0 Å². The maximum atomic E-state index is 12.6. The molecule has 8 heteroatoms. The van der Waals surface area contributed by atoms with Gasteiger partial charge in [0.15, 0.2) is 0 Å². The van der Waals surface area contributed by atoms with Crippen LogP contribution in [0.4, 0.5) is 0 Å². The van der Waals surface area contributed by atoms with Crippen molar-refractivity contribution in [3.8, 4) is 0 Å². The normalized spacial score (nSPS) is 23.0. The van der Waals surface area contributed by atoms with Crippen LogP contribution in [0.15, 0.2) is 64.1 Å². The van der Waals surface area contributed by atoms with Crippen LogP contribution in [0.1, 0.15) is 31.4 Å². The van der Waals surface area contributed by atoms with Crippen molar-refractivity contribution < 1.29 is 9.39 Å². The summed E-state index contributed by atoms with van der Waals surface area (Å²) in [6.07, 6.45) is 8.75. The van der Waals surface area contributed by atoms with Crippen molar-refractivity contribution in [2.24, 2.45) is 21.7 Å². The molecule has 1 saturated heterocycles. The van der Waals surface area contributed by atoms with Gasteiger partial charge in [-0.15, -0.1) is 4.59 Å². The standard InChI is InChI=1S/C25H32N7O/c1-30(2)12-5-8-23(33)31-13-9-18(10-14-31)24-22-17-27-11-15-32(22,26)25(29-24)21-16-19-6-3-4-7-20(19)28-21/h3-4,6-7,11,15-18,28H,5,8-10,12-14,26H2,1-2H3/q+1. The highest BCUT2D eigenvalue weighted by atomic mass is 16.2. The molecule has 4 heterocycles. The van der Waals surface area contributed by atoms with Gasteiger partial charge in [-0.2, -0.15) is 10.8 Å². The largest absolute Gasteiger partial charge is 0.349 e. The van der Waals surface area contributed by atoms with Gasteiger partial charge in [-0.1, -0.05) is 18.2 Å². The van der Waals surface area contributed by atoms with Crippen molar-refractivity contribution >= 4 is 28.9 Å². The molecule has 33 heavy (non-hydrogen) atoms. The minimum absolute atomic E-state index is 0.0232. The number of nitrogens with one attached hydrogen (secondary N) is 1. The first-order valence-corrected chi connectivity index (χ1v) is 11.7. The topological polar surface area (TPSA) is 90.1 Å². The highest BCUT2D eigenvalue weighted by Gasteiger charge is 2.46. The van der Waals surface area contributed by atoms with Crippen molar-refractivity contribution in [3.63, 3.8) is 0 Å². The van der Waals surface area contributed by atoms with E-state index in [1.165, 1.54) is 0 Å². The van der Waals surface area contributed by atoms with Gasteiger partial charge in [0.25, 0.3) is 5.84 Å². The zero-order valence-electron chi connectivity index (χ0n) is 19.4. The summed E-state index contributed by atoms with van der Waals surface area (Å²) >= 11 is 0. The van der Waals surface area contributed by atoms with Gasteiger partial charge in [-0.25, -0.2) is 0 Å². The Morgan fingerprint density at radius 3 is 2.82 bits per heavy atom. The molecule has 0 spiro atoms. The number of para-hydroxylation sites is 1. The number of hydrogen-bond acceptors (Lipinski definition) is 5. The molecular formula is C25H32N7O+. The second-order valence-corrected chi connectivity index (χ2v) is 9.39. The number of likely N-dealkylation sites (tertiary alicyclic amines) is 1. The summed E-state index contributed by atoms with van der Waals surface area (Å²) in [5.74, 6) is 8.19. The van der Waals surface area contributed by atoms with Crippen molar-refractivity contribution in [3.05, 3.63) is 59.8 Å². The maximum absolute atomic E-state index is 12.6. The quantitative estimate of drug-likeness (QED) is 0.528. The number of rotatable bonds is 6. The summed E-state index contributed by atoms with van der Waals surface area (Å²) in [6, 6.07) is 10.3. The first-order valence-electron chi connectivity index (χ1n) is 11.7. The number of hydrogen-bond donors (Lipinski definition) is 2. The van der Waals surface area contributed by atoms with E-state index in [2.05, 4.69) is 33.1 Å². The Morgan fingerprint density at radius 1 is 1.27 bits per heavy atom. The molecule has 0 radical (unpaired) electrons. The molecule has 0 saturated carbocycles. The minimum atomic E-state index is 0.0232. The number of aromatic nitrogens is 1. The molecule has 172 valence electrons. The summed E-state index contributed by atoms with van der Waals surface area (Å²) < 4.78 is 0.0232. The van der Waals surface area contributed by atoms with Gasteiger partial charge in [0.2, 0.25) is 11.6 Å². The van der Waals surface area contributed by atoms with E-state index in [1.54, 1.807) is 6.20 Å². The third kappa shape index (κ3) is 4.06. The fraction of sp³-hybridized carbons (Fsp3) is 0.400. The molecule has 1 aromatic heterocycles. The maximum Gasteiger partial charge on any atom is 0.281 e. The molecule has 5 rings (SSSR count). The fourth-order valence-electron chi connectivity index (χ4n) is 4.99. The summed E-state index contributed by atoms with van der Waals surface area (Å²) in [4.78, 5) is 29.7. The van der Waals surface area contributed by atoms with Crippen molar-refractivity contribution in [2.45, 2.75) is 25.7 Å². The number of allylic oxidation sites excluding steroid dienone is 2. The smallest absolute Gasteiger partial charge is 0.281 e. The molecule has 1 unspecified atom stereocenters. The summed E-state index contributed by atoms with van der Waals surface area (Å²) in [5, 5.41) is 1.13. The second kappa shape index (κ2) is 8.70. The number of fused-ring (bicyclic) bond motifs is 2. The highest BCUT2D eigenvalue weighted by Crippen LogP contribution is 2.38. The van der Waals surface area contributed by atoms with Crippen LogP contribution in [0, 0.1) is 5.92 Å². The first kappa shape index (κ1) is 21.8. The monoisotopic (exact) mass is 446 g/mol. The van der Waals surface area contributed by atoms with Crippen LogP contribution < -0.4 is 5.84 Å². The number of piperidine rings is 1. The summed E-state index contributed by atoms with van der Waals surface area (Å²) in [7, 11) is 4.08. The van der Waals surface area contributed by atoms with Gasteiger partial charge in [-0.3, -0.25) is 9.79 Å². The number of nitrogens with zero attached hydrogens (tertiary/aromatic N) is 5. The number of H-pyrrole nitrogens is 1. The van der Waals surface area contributed by atoms with E-state index < -0.39 is 0 Å². The van der Waals surface area contributed by atoms with E-state index in [-0.39, 0.29) is 16.4 Å². The van der Waals surface area contributed by atoms with Crippen LogP contribution in [0.5, 0.6) is 0 Å². The number of amides is 1. The summed E-state index contributed by atoms with van der Waals surface area (Å²) in [5.41, 5.74) is 3.90. The lowest BCUT2D eigenvalue weighted by atomic mass is 9.92. The molecule has 3 aliphatic rings. The number of aromatic amines is 1. The molecule has 0 aliphatic carbocycles. The molecule has 0 bridgehead atoms. The van der Waals surface area contributed by atoms with E-state index in [1.807, 2.05) is 43.5 Å². The minimum Gasteiger partial charge on any atom is -0.349 e. The van der Waals surface area contributed by atoms with Gasteiger partial charge < -0.3 is 14.8 Å². The van der Waals surface area contributed by atoms with Crippen molar-refractivity contribution in [2.75, 3.05) is 33.7 Å². The van der Waals surface area contributed by atoms with E-state index >= 15 is 0 Å². The van der Waals surface area contributed by atoms with Crippen LogP contribution in [0.3, 0.4) is 0 Å². The Morgan fingerprint density at radius 2 is 2.06 bits per heavy atom. The predicted octanol–water partition coefficient (Wildman–Crippen LogP) is 2.97. The lowest BCUT2D eigenvalue weighted by Crippen LogP contribution is -2.53.